The second kappa shape index (κ2) is 9.77. The summed E-state index contributed by atoms with van der Waals surface area (Å²) in [4.78, 5) is 26.3. The molecule has 0 radical (unpaired) electrons. The van der Waals surface area contributed by atoms with Gasteiger partial charge in [-0.2, -0.15) is 5.21 Å². The molecule has 9 heteroatoms. The molecule has 2 aromatic carbocycles. The van der Waals surface area contributed by atoms with E-state index in [1.54, 1.807) is 4.57 Å². The summed E-state index contributed by atoms with van der Waals surface area (Å²) in [6.45, 7) is 4.34. The van der Waals surface area contributed by atoms with Crippen LogP contribution < -0.4 is 5.69 Å². The minimum atomic E-state index is -0.351. The SMILES string of the molecule is CC(C)c1nn(C(=O)C2CCCCC2)c(=O)n1Cc1ccc(-c2ccccc2-c2nn[nH]n2)cc1. The number of hydrogen-bond donors (Lipinski definition) is 1. The average molecular weight is 472 g/mol. The quantitative estimate of drug-likeness (QED) is 0.449. The van der Waals surface area contributed by atoms with E-state index in [9.17, 15) is 9.59 Å². The molecule has 1 fully saturated rings. The zero-order chi connectivity index (χ0) is 24.4. The molecule has 2 aromatic heterocycles. The Morgan fingerprint density at radius 2 is 1.74 bits per heavy atom. The van der Waals surface area contributed by atoms with Crippen LogP contribution >= 0.6 is 0 Å². The second-order valence-corrected chi connectivity index (χ2v) is 9.44. The highest BCUT2D eigenvalue weighted by Gasteiger charge is 2.27. The lowest BCUT2D eigenvalue weighted by Gasteiger charge is -2.19. The maximum absolute atomic E-state index is 13.3. The number of tetrazole rings is 1. The van der Waals surface area contributed by atoms with Gasteiger partial charge in [-0.3, -0.25) is 9.36 Å². The van der Waals surface area contributed by atoms with Gasteiger partial charge in [0.1, 0.15) is 5.82 Å². The molecular weight excluding hydrogens is 442 g/mol. The van der Waals surface area contributed by atoms with E-state index in [1.165, 1.54) is 0 Å². The topological polar surface area (TPSA) is 111 Å². The zero-order valence-electron chi connectivity index (χ0n) is 20.0. The van der Waals surface area contributed by atoms with Gasteiger partial charge in [0.25, 0.3) is 5.91 Å². The Morgan fingerprint density at radius 3 is 2.40 bits per heavy atom. The van der Waals surface area contributed by atoms with Crippen molar-refractivity contribution in [2.75, 3.05) is 0 Å². The molecule has 0 spiro atoms. The number of benzene rings is 2. The Morgan fingerprint density at radius 1 is 1.03 bits per heavy atom. The van der Waals surface area contributed by atoms with Crippen LogP contribution in [0.4, 0.5) is 0 Å². The summed E-state index contributed by atoms with van der Waals surface area (Å²) in [6.07, 6.45) is 4.89. The summed E-state index contributed by atoms with van der Waals surface area (Å²) in [7, 11) is 0. The lowest BCUT2D eigenvalue weighted by atomic mass is 9.89. The van der Waals surface area contributed by atoms with Crippen molar-refractivity contribution in [3.8, 4) is 22.5 Å². The Bertz CT molecular complexity index is 1360. The predicted octanol–water partition coefficient (Wildman–Crippen LogP) is 4.28. The van der Waals surface area contributed by atoms with Crippen molar-refractivity contribution in [3.05, 3.63) is 70.4 Å². The molecule has 2 heterocycles. The van der Waals surface area contributed by atoms with E-state index in [0.717, 1.165) is 59.0 Å². The van der Waals surface area contributed by atoms with Crippen molar-refractivity contribution < 1.29 is 4.79 Å². The van der Waals surface area contributed by atoms with E-state index >= 15 is 0 Å². The van der Waals surface area contributed by atoms with Crippen LogP contribution in [0, 0.1) is 5.92 Å². The smallest absolute Gasteiger partial charge is 0.274 e. The van der Waals surface area contributed by atoms with Crippen molar-refractivity contribution in [2.45, 2.75) is 58.4 Å². The summed E-state index contributed by atoms with van der Waals surface area (Å²) in [6, 6.07) is 15.9. The van der Waals surface area contributed by atoms with Gasteiger partial charge in [-0.25, -0.2) is 4.79 Å². The van der Waals surface area contributed by atoms with Crippen molar-refractivity contribution >= 4 is 5.91 Å². The van der Waals surface area contributed by atoms with Crippen LogP contribution in [-0.2, 0) is 6.54 Å². The van der Waals surface area contributed by atoms with Gasteiger partial charge in [0.15, 0.2) is 0 Å². The third kappa shape index (κ3) is 4.58. The molecule has 0 aliphatic heterocycles. The highest BCUT2D eigenvalue weighted by molar-refractivity contribution is 5.81. The average Bonchev–Trinajstić information content (AvgIpc) is 3.54. The number of aromatic nitrogens is 7. The first-order valence-electron chi connectivity index (χ1n) is 12.2. The van der Waals surface area contributed by atoms with E-state index in [1.807, 2.05) is 62.4 Å². The fraction of sp³-hybridized carbons (Fsp3) is 0.385. The summed E-state index contributed by atoms with van der Waals surface area (Å²) < 4.78 is 2.74. The van der Waals surface area contributed by atoms with Gasteiger partial charge in [0.2, 0.25) is 5.82 Å². The summed E-state index contributed by atoms with van der Waals surface area (Å²) in [5, 5.41) is 18.9. The number of nitrogens with zero attached hydrogens (tertiary/aromatic N) is 6. The number of nitrogens with one attached hydrogen (secondary N) is 1. The maximum Gasteiger partial charge on any atom is 0.353 e. The molecule has 1 saturated carbocycles. The van der Waals surface area contributed by atoms with Gasteiger partial charge in [-0.1, -0.05) is 81.6 Å². The van der Waals surface area contributed by atoms with E-state index in [0.29, 0.717) is 18.2 Å². The monoisotopic (exact) mass is 471 g/mol. The third-order valence-corrected chi connectivity index (χ3v) is 6.69. The number of carbonyl (C=O) groups excluding carboxylic acids is 1. The Hall–Kier alpha value is -3.88. The maximum atomic E-state index is 13.3. The minimum Gasteiger partial charge on any atom is -0.274 e. The molecule has 0 amide bonds. The van der Waals surface area contributed by atoms with Gasteiger partial charge in [-0.15, -0.1) is 20.0 Å². The zero-order valence-corrected chi connectivity index (χ0v) is 20.0. The first-order chi connectivity index (χ1) is 17.0. The lowest BCUT2D eigenvalue weighted by Crippen LogP contribution is -2.35. The first kappa shape index (κ1) is 22.9. The van der Waals surface area contributed by atoms with Crippen molar-refractivity contribution in [1.29, 1.82) is 0 Å². The van der Waals surface area contributed by atoms with Crippen LogP contribution in [0.1, 0.15) is 68.1 Å². The first-order valence-corrected chi connectivity index (χ1v) is 12.2. The van der Waals surface area contributed by atoms with Gasteiger partial charge < -0.3 is 0 Å². The Kier molecular flexibility index (Phi) is 6.39. The largest absolute Gasteiger partial charge is 0.353 e. The molecule has 0 bridgehead atoms. The summed E-state index contributed by atoms with van der Waals surface area (Å²) in [5.41, 5.74) is 3.49. The van der Waals surface area contributed by atoms with Crippen LogP contribution in [0.25, 0.3) is 22.5 Å². The number of hydrogen-bond acceptors (Lipinski definition) is 6. The Labute approximate surface area is 203 Å². The molecule has 0 saturated heterocycles. The van der Waals surface area contributed by atoms with Crippen LogP contribution in [0.15, 0.2) is 53.3 Å². The molecule has 1 N–H and O–H groups in total. The molecule has 0 unspecified atom stereocenters. The van der Waals surface area contributed by atoms with E-state index in [2.05, 4.69) is 25.7 Å². The normalized spacial score (nSPS) is 14.5. The van der Waals surface area contributed by atoms with Crippen molar-refractivity contribution in [1.82, 2.24) is 35.0 Å². The van der Waals surface area contributed by atoms with Gasteiger partial charge in [0.05, 0.1) is 6.54 Å². The minimum absolute atomic E-state index is 0.0178. The van der Waals surface area contributed by atoms with Crippen LogP contribution in [0.2, 0.25) is 0 Å². The number of H-pyrrole nitrogens is 1. The molecule has 5 rings (SSSR count). The molecule has 0 atom stereocenters. The molecular formula is C26H29N7O2. The second-order valence-electron chi connectivity index (χ2n) is 9.44. The molecule has 180 valence electrons. The molecule has 1 aliphatic rings. The van der Waals surface area contributed by atoms with E-state index in [-0.39, 0.29) is 23.4 Å². The van der Waals surface area contributed by atoms with Crippen molar-refractivity contribution in [2.24, 2.45) is 5.92 Å². The fourth-order valence-electron chi connectivity index (χ4n) is 4.83. The van der Waals surface area contributed by atoms with Gasteiger partial charge in [0, 0.05) is 17.4 Å². The predicted molar refractivity (Wildman–Crippen MR) is 132 cm³/mol. The lowest BCUT2D eigenvalue weighted by molar-refractivity contribution is 0.0778. The summed E-state index contributed by atoms with van der Waals surface area (Å²) in [5.74, 6) is 0.912. The molecule has 35 heavy (non-hydrogen) atoms. The molecule has 4 aromatic rings. The van der Waals surface area contributed by atoms with Crippen molar-refractivity contribution in [3.63, 3.8) is 0 Å². The highest BCUT2D eigenvalue weighted by Crippen LogP contribution is 2.30. The molecule has 9 nitrogen and oxygen atoms in total. The van der Waals surface area contributed by atoms with E-state index in [4.69, 9.17) is 0 Å². The van der Waals surface area contributed by atoms with Crippen LogP contribution in [0.5, 0.6) is 0 Å². The Balaban J connectivity index is 1.43. The summed E-state index contributed by atoms with van der Waals surface area (Å²) >= 11 is 0. The van der Waals surface area contributed by atoms with Gasteiger partial charge >= 0.3 is 5.69 Å². The standard InChI is InChI=1S/C26H29N7O2/c1-17(2)24-29-33(25(34)20-8-4-3-5-9-20)26(35)32(24)16-18-12-14-19(15-13-18)21-10-6-7-11-22(21)23-27-30-31-28-23/h6-7,10-15,17,20H,3-5,8-9,16H2,1-2H3,(H,27,28,30,31). The fourth-order valence-corrected chi connectivity index (χ4v) is 4.83. The third-order valence-electron chi connectivity index (χ3n) is 6.69. The van der Waals surface area contributed by atoms with Crippen LogP contribution in [-0.4, -0.2) is 40.9 Å². The van der Waals surface area contributed by atoms with Gasteiger partial charge in [-0.05, 0) is 34.7 Å². The number of rotatable bonds is 6. The number of carbonyl (C=O) groups is 1. The number of aromatic amines is 1. The highest BCUT2D eigenvalue weighted by atomic mass is 16.2. The molecule has 1 aliphatic carbocycles. The van der Waals surface area contributed by atoms with Crippen LogP contribution in [0.3, 0.4) is 0 Å². The van der Waals surface area contributed by atoms with E-state index < -0.39 is 0 Å².